The van der Waals surface area contributed by atoms with E-state index in [-0.39, 0.29) is 23.4 Å². The first-order valence-corrected chi connectivity index (χ1v) is 9.57. The van der Waals surface area contributed by atoms with Gasteiger partial charge in [0.1, 0.15) is 11.5 Å². The number of carbonyl (C=O) groups is 2. The third-order valence-electron chi connectivity index (χ3n) is 4.21. The Kier molecular flexibility index (Phi) is 6.93. The van der Waals surface area contributed by atoms with Crippen LogP contribution < -0.4 is 20.1 Å². The van der Waals surface area contributed by atoms with Crippen molar-refractivity contribution < 1.29 is 19.1 Å². The highest BCUT2D eigenvalue weighted by Crippen LogP contribution is 2.34. The van der Waals surface area contributed by atoms with E-state index in [4.69, 9.17) is 21.1 Å². The number of hydrogen-bond donors (Lipinski definition) is 2. The first-order chi connectivity index (χ1) is 14.5. The lowest BCUT2D eigenvalue weighted by Crippen LogP contribution is -2.20. The van der Waals surface area contributed by atoms with E-state index in [2.05, 4.69) is 10.6 Å². The van der Waals surface area contributed by atoms with E-state index in [1.807, 2.05) is 31.2 Å². The molecule has 0 aliphatic heterocycles. The molecule has 7 heteroatoms. The molecule has 0 saturated heterocycles. The second kappa shape index (κ2) is 9.80. The van der Waals surface area contributed by atoms with Crippen LogP contribution in [0.1, 0.15) is 15.9 Å². The van der Waals surface area contributed by atoms with Gasteiger partial charge in [-0.2, -0.15) is 0 Å². The van der Waals surface area contributed by atoms with Crippen molar-refractivity contribution in [2.45, 2.75) is 6.92 Å². The van der Waals surface area contributed by atoms with Gasteiger partial charge in [-0.3, -0.25) is 9.59 Å². The second-order valence-electron chi connectivity index (χ2n) is 6.51. The van der Waals surface area contributed by atoms with Gasteiger partial charge in [-0.25, -0.2) is 0 Å². The Morgan fingerprint density at radius 2 is 1.70 bits per heavy atom. The smallest absolute Gasteiger partial charge is 0.262 e. The molecule has 0 fully saturated rings. The molecule has 30 heavy (non-hydrogen) atoms. The number of halogens is 1. The van der Waals surface area contributed by atoms with E-state index < -0.39 is 0 Å². The van der Waals surface area contributed by atoms with Crippen molar-refractivity contribution in [1.29, 1.82) is 0 Å². The van der Waals surface area contributed by atoms with Crippen molar-refractivity contribution in [2.24, 2.45) is 0 Å². The van der Waals surface area contributed by atoms with Crippen molar-refractivity contribution in [2.75, 3.05) is 24.4 Å². The molecule has 0 unspecified atom stereocenters. The molecule has 0 atom stereocenters. The molecule has 0 saturated carbocycles. The molecular formula is C23H21ClN2O4. The van der Waals surface area contributed by atoms with Gasteiger partial charge >= 0.3 is 0 Å². The van der Waals surface area contributed by atoms with Gasteiger partial charge in [0, 0.05) is 11.6 Å². The van der Waals surface area contributed by atoms with Crippen LogP contribution in [0, 0.1) is 6.92 Å². The average Bonchev–Trinajstić information content (AvgIpc) is 2.74. The Labute approximate surface area is 179 Å². The van der Waals surface area contributed by atoms with Crippen molar-refractivity contribution >= 4 is 34.8 Å². The Hall–Kier alpha value is -3.51. The van der Waals surface area contributed by atoms with Gasteiger partial charge in [0.25, 0.3) is 11.8 Å². The van der Waals surface area contributed by atoms with Crippen molar-refractivity contribution in [3.05, 3.63) is 82.9 Å². The van der Waals surface area contributed by atoms with Crippen LogP contribution in [0.4, 0.5) is 11.4 Å². The lowest BCUT2D eigenvalue weighted by molar-refractivity contribution is -0.118. The number of rotatable bonds is 7. The minimum Gasteiger partial charge on any atom is -0.494 e. The number of ether oxygens (including phenoxy) is 2. The molecule has 154 valence electrons. The summed E-state index contributed by atoms with van der Waals surface area (Å²) in [5, 5.41) is 5.72. The molecule has 3 aromatic rings. The van der Waals surface area contributed by atoms with Gasteiger partial charge in [-0.15, -0.1) is 0 Å². The largest absolute Gasteiger partial charge is 0.494 e. The fraction of sp³-hybridized carbons (Fsp3) is 0.130. The Morgan fingerprint density at radius 3 is 2.40 bits per heavy atom. The minimum atomic E-state index is -0.369. The van der Waals surface area contributed by atoms with Crippen LogP contribution in [0.25, 0.3) is 0 Å². The van der Waals surface area contributed by atoms with Crippen LogP contribution in [0.2, 0.25) is 5.02 Å². The molecule has 2 amide bonds. The maximum Gasteiger partial charge on any atom is 0.262 e. The van der Waals surface area contributed by atoms with Crippen LogP contribution in [-0.2, 0) is 4.79 Å². The SMILES string of the molecule is COc1cc(NC(=O)c2ccccc2)c(Cl)cc1NC(=O)COc1cccc(C)c1. The third-order valence-corrected chi connectivity index (χ3v) is 4.52. The maximum atomic E-state index is 12.4. The fourth-order valence-electron chi connectivity index (χ4n) is 2.74. The van der Waals surface area contributed by atoms with Crippen LogP contribution in [0.5, 0.6) is 11.5 Å². The normalized spacial score (nSPS) is 10.2. The number of carbonyl (C=O) groups excluding carboxylic acids is 2. The number of hydrogen-bond acceptors (Lipinski definition) is 4. The number of amides is 2. The van der Waals surface area contributed by atoms with Gasteiger partial charge in [0.15, 0.2) is 6.61 Å². The van der Waals surface area contributed by atoms with E-state index in [1.54, 1.807) is 36.4 Å². The molecule has 0 bridgehead atoms. The quantitative estimate of drug-likeness (QED) is 0.564. The van der Waals surface area contributed by atoms with E-state index in [0.717, 1.165) is 5.56 Å². The number of methoxy groups -OCH3 is 1. The molecule has 0 spiro atoms. The van der Waals surface area contributed by atoms with Gasteiger partial charge in [0.05, 0.1) is 23.5 Å². The standard InChI is InChI=1S/C23H21ClN2O4/c1-15-7-6-10-17(11-15)30-14-22(27)25-20-12-18(24)19(13-21(20)29-2)26-23(28)16-8-4-3-5-9-16/h3-13H,14H2,1-2H3,(H,25,27)(H,26,28). The predicted molar refractivity (Wildman–Crippen MR) is 118 cm³/mol. The highest BCUT2D eigenvalue weighted by molar-refractivity contribution is 6.34. The molecule has 3 aromatic carbocycles. The summed E-state index contributed by atoms with van der Waals surface area (Å²) in [5.41, 5.74) is 2.28. The van der Waals surface area contributed by atoms with E-state index >= 15 is 0 Å². The molecule has 0 aromatic heterocycles. The van der Waals surface area contributed by atoms with E-state index in [1.165, 1.54) is 13.2 Å². The molecule has 3 rings (SSSR count). The number of aryl methyl sites for hydroxylation is 1. The average molecular weight is 425 g/mol. The van der Waals surface area contributed by atoms with Gasteiger partial charge in [0.2, 0.25) is 0 Å². The lowest BCUT2D eigenvalue weighted by Gasteiger charge is -2.15. The molecule has 0 aliphatic carbocycles. The first kappa shape index (κ1) is 21.2. The monoisotopic (exact) mass is 424 g/mol. The predicted octanol–water partition coefficient (Wildman–Crippen LogP) is 4.93. The number of anilines is 2. The van der Waals surface area contributed by atoms with Crippen molar-refractivity contribution in [3.8, 4) is 11.5 Å². The molecule has 0 radical (unpaired) electrons. The topological polar surface area (TPSA) is 76.7 Å². The summed E-state index contributed by atoms with van der Waals surface area (Å²) < 4.78 is 10.8. The highest BCUT2D eigenvalue weighted by atomic mass is 35.5. The summed E-state index contributed by atoms with van der Waals surface area (Å²) in [5.74, 6) is 0.288. The van der Waals surface area contributed by atoms with Crippen LogP contribution in [0.15, 0.2) is 66.7 Å². The Bertz CT molecular complexity index is 1050. The Balaban J connectivity index is 1.68. The van der Waals surface area contributed by atoms with Gasteiger partial charge < -0.3 is 20.1 Å². The first-order valence-electron chi connectivity index (χ1n) is 9.19. The molecule has 2 N–H and O–H groups in total. The fourth-order valence-corrected chi connectivity index (χ4v) is 2.95. The van der Waals surface area contributed by atoms with Crippen molar-refractivity contribution in [1.82, 2.24) is 0 Å². The van der Waals surface area contributed by atoms with E-state index in [9.17, 15) is 9.59 Å². The van der Waals surface area contributed by atoms with Crippen LogP contribution in [-0.4, -0.2) is 25.5 Å². The number of nitrogens with one attached hydrogen (secondary N) is 2. The number of benzene rings is 3. The molecular weight excluding hydrogens is 404 g/mol. The summed E-state index contributed by atoms with van der Waals surface area (Å²) >= 11 is 6.31. The Morgan fingerprint density at radius 1 is 0.933 bits per heavy atom. The molecule has 0 heterocycles. The third kappa shape index (κ3) is 5.52. The summed E-state index contributed by atoms with van der Waals surface area (Å²) in [6.45, 7) is 1.77. The van der Waals surface area contributed by atoms with Crippen molar-refractivity contribution in [3.63, 3.8) is 0 Å². The van der Waals surface area contributed by atoms with E-state index in [0.29, 0.717) is 28.4 Å². The summed E-state index contributed by atoms with van der Waals surface area (Å²) in [6, 6.07) is 19.3. The molecule has 6 nitrogen and oxygen atoms in total. The van der Waals surface area contributed by atoms with Gasteiger partial charge in [-0.05, 0) is 42.8 Å². The summed E-state index contributed by atoms with van der Waals surface area (Å²) in [4.78, 5) is 24.7. The highest BCUT2D eigenvalue weighted by Gasteiger charge is 2.15. The van der Waals surface area contributed by atoms with Crippen LogP contribution in [0.3, 0.4) is 0 Å². The van der Waals surface area contributed by atoms with Gasteiger partial charge in [-0.1, -0.05) is 41.9 Å². The zero-order valence-electron chi connectivity index (χ0n) is 16.6. The minimum absolute atomic E-state index is 0.170. The summed E-state index contributed by atoms with van der Waals surface area (Å²) in [7, 11) is 1.46. The second-order valence-corrected chi connectivity index (χ2v) is 6.91. The lowest BCUT2D eigenvalue weighted by atomic mass is 10.2. The van der Waals surface area contributed by atoms with Crippen LogP contribution >= 0.6 is 11.6 Å². The maximum absolute atomic E-state index is 12.4. The zero-order chi connectivity index (χ0) is 21.5. The summed E-state index contributed by atoms with van der Waals surface area (Å²) in [6.07, 6.45) is 0. The zero-order valence-corrected chi connectivity index (χ0v) is 17.3. The molecule has 0 aliphatic rings.